The molecule has 0 saturated heterocycles. The Bertz CT molecular complexity index is 1440. The molecule has 3 aromatic carbocycles. The van der Waals surface area contributed by atoms with E-state index in [2.05, 4.69) is 89.5 Å². The molecule has 4 aromatic rings. The minimum absolute atomic E-state index is 0. The SMILES string of the molecule is CC(C)(C)[Si](C)(C)Oc1ccc(C(O)(c2ccc(O[Si](C)(C)C(C)(C)C)cc2)c2ccccn2)cc1.[CH3+].[Cl][Ru]=[CH]c1ccccc1. The van der Waals surface area contributed by atoms with Gasteiger partial charge in [-0.25, -0.2) is 0 Å². The number of hydrogen-bond acceptors (Lipinski definition) is 4. The fourth-order valence-corrected chi connectivity index (χ4v) is 7.17. The molecule has 1 heterocycles. The van der Waals surface area contributed by atoms with Gasteiger partial charge in [-0.15, -0.1) is 0 Å². The van der Waals surface area contributed by atoms with E-state index in [9.17, 15) is 5.11 Å². The summed E-state index contributed by atoms with van der Waals surface area (Å²) in [6.45, 7) is 22.3. The van der Waals surface area contributed by atoms with Gasteiger partial charge in [0.2, 0.25) is 16.6 Å². The van der Waals surface area contributed by atoms with Crippen LogP contribution in [-0.4, -0.2) is 31.3 Å². The molecule has 0 unspecified atom stereocenters. The summed E-state index contributed by atoms with van der Waals surface area (Å²) in [5.41, 5.74) is 1.86. The Kier molecular flexibility index (Phi) is 13.8. The second-order valence-corrected chi connectivity index (χ2v) is 25.5. The first-order valence-electron chi connectivity index (χ1n) is 15.2. The zero-order valence-electron chi connectivity index (χ0n) is 29.3. The van der Waals surface area contributed by atoms with Crippen LogP contribution in [-0.2, 0) is 21.3 Å². The average Bonchev–Trinajstić information content (AvgIpc) is 2.97. The summed E-state index contributed by atoms with van der Waals surface area (Å²) in [5, 5.41) is 12.4. The van der Waals surface area contributed by atoms with Gasteiger partial charge in [0.1, 0.15) is 11.5 Å². The molecule has 0 bridgehead atoms. The Hall–Kier alpha value is -2.54. The molecule has 249 valence electrons. The van der Waals surface area contributed by atoms with Crippen LogP contribution < -0.4 is 8.85 Å². The molecule has 0 saturated carbocycles. The van der Waals surface area contributed by atoms with E-state index < -0.39 is 22.2 Å². The van der Waals surface area contributed by atoms with Crippen LogP contribution in [0.4, 0.5) is 0 Å². The third-order valence-corrected chi connectivity index (χ3v) is 18.8. The van der Waals surface area contributed by atoms with E-state index in [1.807, 2.05) is 84.9 Å². The Balaban J connectivity index is 0.000000633. The van der Waals surface area contributed by atoms with Gasteiger partial charge in [-0.3, -0.25) is 4.98 Å². The second kappa shape index (κ2) is 16.0. The average molecular weight is 764 g/mol. The summed E-state index contributed by atoms with van der Waals surface area (Å²) in [6.07, 6.45) is 1.71. The zero-order chi connectivity index (χ0) is 33.5. The van der Waals surface area contributed by atoms with Gasteiger partial charge >= 0.3 is 65.9 Å². The van der Waals surface area contributed by atoms with Crippen molar-refractivity contribution < 1.29 is 29.6 Å². The quantitative estimate of drug-likeness (QED) is 0.143. The molecule has 4 nitrogen and oxygen atoms in total. The molecular weight excluding hydrogens is 711 g/mol. The Morgan fingerprint density at radius 1 is 0.652 bits per heavy atom. The molecule has 0 aliphatic rings. The van der Waals surface area contributed by atoms with Gasteiger partial charge in [0.15, 0.2) is 5.60 Å². The third-order valence-electron chi connectivity index (χ3n) is 8.89. The number of aromatic nitrogens is 1. The summed E-state index contributed by atoms with van der Waals surface area (Å²) in [4.78, 5) is 4.53. The first-order chi connectivity index (χ1) is 20.9. The predicted molar refractivity (Wildman–Crippen MR) is 199 cm³/mol. The fourth-order valence-electron chi connectivity index (χ4n) is 4.03. The summed E-state index contributed by atoms with van der Waals surface area (Å²) in [5.74, 6) is 1.65. The molecule has 0 fully saturated rings. The standard InChI is InChI=1S/C30H43NO3Si2.C7H6.CH3.ClH.Ru/c1-28(2,3)35(7,8)33-25-18-14-23(15-19-25)30(32,27-13-11-12-22-31-27)24-16-20-26(21-17-24)34-36(9,10)29(4,5)6;1-7-5-3-2-4-6-7;;;/h11-22,32H,1-10H3;1-6H;1H3;1H;/q;;+1;;+1/p-1. The van der Waals surface area contributed by atoms with Crippen molar-refractivity contribution in [2.45, 2.75) is 83.4 Å². The van der Waals surface area contributed by atoms with Crippen molar-refractivity contribution in [3.05, 3.63) is 133 Å². The number of nitrogens with zero attached hydrogens (tertiary/aromatic N) is 1. The van der Waals surface area contributed by atoms with Crippen LogP contribution in [0.1, 0.15) is 63.9 Å². The molecule has 1 N–H and O–H groups in total. The minimum atomic E-state index is -1.96. The summed E-state index contributed by atoms with van der Waals surface area (Å²) in [7, 11) is 1.65. The number of aliphatic hydroxyl groups is 1. The molecule has 4 rings (SSSR count). The van der Waals surface area contributed by atoms with Gasteiger partial charge in [0, 0.05) is 13.6 Å². The Morgan fingerprint density at radius 2 is 1.07 bits per heavy atom. The number of rotatable bonds is 8. The molecule has 0 amide bonds. The van der Waals surface area contributed by atoms with E-state index in [0.29, 0.717) is 5.69 Å². The Morgan fingerprint density at radius 3 is 1.41 bits per heavy atom. The third kappa shape index (κ3) is 9.98. The van der Waals surface area contributed by atoms with Crippen molar-refractivity contribution in [3.8, 4) is 11.5 Å². The van der Waals surface area contributed by atoms with Gasteiger partial charge < -0.3 is 14.0 Å². The van der Waals surface area contributed by atoms with E-state index in [4.69, 9.17) is 18.5 Å². The summed E-state index contributed by atoms with van der Waals surface area (Å²) in [6, 6.07) is 31.3. The molecule has 8 heteroatoms. The molecule has 1 aromatic heterocycles. The van der Waals surface area contributed by atoms with Crippen LogP contribution in [0, 0.1) is 7.43 Å². The number of halogens is 1. The van der Waals surface area contributed by atoms with E-state index in [1.165, 1.54) is 5.56 Å². The van der Waals surface area contributed by atoms with Crippen LogP contribution in [0.2, 0.25) is 36.3 Å². The maximum atomic E-state index is 12.2. The van der Waals surface area contributed by atoms with Gasteiger partial charge in [0.05, 0.1) is 5.69 Å². The molecule has 0 radical (unpaired) electrons. The first kappa shape index (κ1) is 39.6. The summed E-state index contributed by atoms with van der Waals surface area (Å²) >= 11 is -0.0765. The Labute approximate surface area is 292 Å². The van der Waals surface area contributed by atoms with Crippen molar-refractivity contribution in [2.24, 2.45) is 0 Å². The second-order valence-electron chi connectivity index (χ2n) is 14.3. The molecule has 46 heavy (non-hydrogen) atoms. The normalized spacial score (nSPS) is 12.7. The van der Waals surface area contributed by atoms with Crippen LogP contribution in [0.5, 0.6) is 11.5 Å². The van der Waals surface area contributed by atoms with Crippen LogP contribution in [0.25, 0.3) is 0 Å². The van der Waals surface area contributed by atoms with Gasteiger partial charge in [-0.05, 0) is 83.8 Å². The van der Waals surface area contributed by atoms with E-state index in [-0.39, 0.29) is 33.2 Å². The van der Waals surface area contributed by atoms with Gasteiger partial charge in [-0.2, -0.15) is 0 Å². The zero-order valence-corrected chi connectivity index (χ0v) is 33.8. The molecule has 0 aliphatic heterocycles. The van der Waals surface area contributed by atoms with Gasteiger partial charge in [0.25, 0.3) is 0 Å². The number of hydrogen-bond donors (Lipinski definition) is 1. The number of benzene rings is 3. The van der Waals surface area contributed by atoms with E-state index in [1.54, 1.807) is 6.20 Å². The van der Waals surface area contributed by atoms with Gasteiger partial charge in [-0.1, -0.05) is 71.9 Å². The van der Waals surface area contributed by atoms with Crippen molar-refractivity contribution in [1.29, 1.82) is 0 Å². The fraction of sp³-hybridized carbons (Fsp3) is 0.342. The van der Waals surface area contributed by atoms with Crippen molar-refractivity contribution in [2.75, 3.05) is 0 Å². The maximum absolute atomic E-state index is 12.2. The summed E-state index contributed by atoms with van der Waals surface area (Å²) < 4.78 is 15.0. The van der Waals surface area contributed by atoms with Crippen molar-refractivity contribution in [1.82, 2.24) is 4.98 Å². The van der Waals surface area contributed by atoms with E-state index >= 15 is 0 Å². The molecule has 0 atom stereocenters. The van der Waals surface area contributed by atoms with Crippen LogP contribution in [0.15, 0.2) is 103 Å². The van der Waals surface area contributed by atoms with Crippen LogP contribution >= 0.6 is 9.69 Å². The van der Waals surface area contributed by atoms with E-state index in [0.717, 1.165) is 22.6 Å². The topological polar surface area (TPSA) is 51.6 Å². The van der Waals surface area contributed by atoms with Crippen molar-refractivity contribution in [3.63, 3.8) is 0 Å². The first-order valence-corrected chi connectivity index (χ1v) is 24.3. The predicted octanol–water partition coefficient (Wildman–Crippen LogP) is 10.7. The number of pyridine rings is 1. The molecular formula is C38H52ClNO3RuSi2+. The van der Waals surface area contributed by atoms with Crippen LogP contribution in [0.3, 0.4) is 0 Å². The van der Waals surface area contributed by atoms with Crippen molar-refractivity contribution >= 4 is 30.9 Å². The molecule has 0 spiro atoms. The monoisotopic (exact) mass is 763 g/mol. The molecule has 0 aliphatic carbocycles.